The van der Waals surface area contributed by atoms with Crippen LogP contribution in [0.1, 0.15) is 17.2 Å². The maximum absolute atomic E-state index is 5.40. The topological polar surface area (TPSA) is 98.8 Å². The standard InChI is InChI=1S/C12H16N6OS/c1-7-4-8(2)15-12(14-7)20-11-5-9(18-13)16-10(17-11)6-19-3/h4-5H,6,13H2,1-3H3,(H,16,17,18). The second-order valence-corrected chi connectivity index (χ2v) is 5.11. The van der Waals surface area contributed by atoms with Crippen LogP contribution >= 0.6 is 11.8 Å². The van der Waals surface area contributed by atoms with Crippen LogP contribution in [0.4, 0.5) is 5.82 Å². The molecular weight excluding hydrogens is 276 g/mol. The van der Waals surface area contributed by atoms with Gasteiger partial charge in [0.15, 0.2) is 11.0 Å². The van der Waals surface area contributed by atoms with E-state index in [1.54, 1.807) is 13.2 Å². The van der Waals surface area contributed by atoms with E-state index in [1.807, 2.05) is 19.9 Å². The number of nitrogens with one attached hydrogen (secondary N) is 1. The van der Waals surface area contributed by atoms with Gasteiger partial charge in [-0.1, -0.05) is 0 Å². The van der Waals surface area contributed by atoms with Gasteiger partial charge in [-0.05, 0) is 31.7 Å². The Morgan fingerprint density at radius 1 is 1.15 bits per heavy atom. The average molecular weight is 292 g/mol. The van der Waals surface area contributed by atoms with E-state index in [1.165, 1.54) is 11.8 Å². The molecular formula is C12H16N6OS. The zero-order valence-electron chi connectivity index (χ0n) is 11.5. The van der Waals surface area contributed by atoms with Crippen LogP contribution in [-0.4, -0.2) is 27.0 Å². The Balaban J connectivity index is 2.29. The molecule has 2 aromatic heterocycles. The molecule has 8 heteroatoms. The summed E-state index contributed by atoms with van der Waals surface area (Å²) in [7, 11) is 1.59. The number of aromatic nitrogens is 4. The quantitative estimate of drug-likeness (QED) is 0.370. The van der Waals surface area contributed by atoms with Gasteiger partial charge in [-0.2, -0.15) is 0 Å². The summed E-state index contributed by atoms with van der Waals surface area (Å²) in [6, 6.07) is 3.66. The SMILES string of the molecule is COCc1nc(NN)cc(Sc2nc(C)cc(C)n2)n1. The van der Waals surface area contributed by atoms with Crippen LogP contribution in [0.2, 0.25) is 0 Å². The maximum atomic E-state index is 5.40. The molecule has 2 rings (SSSR count). The highest BCUT2D eigenvalue weighted by Gasteiger charge is 2.08. The van der Waals surface area contributed by atoms with Crippen molar-refractivity contribution in [2.75, 3.05) is 12.5 Å². The van der Waals surface area contributed by atoms with Crippen molar-refractivity contribution in [3.05, 3.63) is 29.3 Å². The molecule has 7 nitrogen and oxygen atoms in total. The fourth-order valence-corrected chi connectivity index (χ4v) is 2.51. The first-order valence-corrected chi connectivity index (χ1v) is 6.76. The molecule has 0 aliphatic carbocycles. The fraction of sp³-hybridized carbons (Fsp3) is 0.333. The van der Waals surface area contributed by atoms with Crippen molar-refractivity contribution in [3.8, 4) is 0 Å². The van der Waals surface area contributed by atoms with Crippen LogP contribution in [0.25, 0.3) is 0 Å². The molecule has 0 saturated carbocycles. The first kappa shape index (κ1) is 14.6. The Morgan fingerprint density at radius 3 is 2.45 bits per heavy atom. The minimum absolute atomic E-state index is 0.316. The number of hydrazine groups is 1. The fourth-order valence-electron chi connectivity index (χ4n) is 1.63. The summed E-state index contributed by atoms with van der Waals surface area (Å²) < 4.78 is 5.04. The number of nitrogens with two attached hydrogens (primary N) is 1. The van der Waals surface area contributed by atoms with E-state index in [2.05, 4.69) is 25.4 Å². The third-order valence-corrected chi connectivity index (χ3v) is 3.11. The zero-order chi connectivity index (χ0) is 14.5. The Labute approximate surface area is 121 Å². The molecule has 0 saturated heterocycles. The predicted molar refractivity (Wildman–Crippen MR) is 76.2 cm³/mol. The van der Waals surface area contributed by atoms with Gasteiger partial charge in [0.25, 0.3) is 0 Å². The van der Waals surface area contributed by atoms with E-state index in [0.29, 0.717) is 28.4 Å². The van der Waals surface area contributed by atoms with Gasteiger partial charge < -0.3 is 10.2 Å². The second-order valence-electron chi connectivity index (χ2n) is 4.12. The smallest absolute Gasteiger partial charge is 0.194 e. The lowest BCUT2D eigenvalue weighted by atomic mass is 10.4. The summed E-state index contributed by atoms with van der Waals surface area (Å²) in [5.41, 5.74) is 4.35. The Kier molecular flexibility index (Phi) is 4.83. The number of methoxy groups -OCH3 is 1. The Hall–Kier alpha value is -1.77. The summed E-state index contributed by atoms with van der Waals surface area (Å²) in [5.74, 6) is 6.48. The van der Waals surface area contributed by atoms with Crippen LogP contribution < -0.4 is 11.3 Å². The van der Waals surface area contributed by atoms with Crippen molar-refractivity contribution < 1.29 is 4.74 Å². The van der Waals surface area contributed by atoms with E-state index >= 15 is 0 Å². The molecule has 0 bridgehead atoms. The third kappa shape index (κ3) is 3.86. The summed E-state index contributed by atoms with van der Waals surface area (Å²) in [6.07, 6.45) is 0. The number of anilines is 1. The first-order valence-electron chi connectivity index (χ1n) is 5.94. The van der Waals surface area contributed by atoms with Crippen molar-refractivity contribution in [2.24, 2.45) is 5.84 Å². The molecule has 20 heavy (non-hydrogen) atoms. The summed E-state index contributed by atoms with van der Waals surface area (Å²) >= 11 is 1.36. The number of rotatable bonds is 5. The molecule has 0 aromatic carbocycles. The largest absolute Gasteiger partial charge is 0.377 e. The molecule has 2 heterocycles. The lowest BCUT2D eigenvalue weighted by molar-refractivity contribution is 0.177. The molecule has 0 aliphatic rings. The first-order chi connectivity index (χ1) is 9.60. The average Bonchev–Trinajstić information content (AvgIpc) is 2.37. The number of nitrogen functional groups attached to an aromatic ring is 1. The van der Waals surface area contributed by atoms with Gasteiger partial charge in [0, 0.05) is 24.6 Å². The van der Waals surface area contributed by atoms with E-state index in [0.717, 1.165) is 11.4 Å². The van der Waals surface area contributed by atoms with E-state index in [9.17, 15) is 0 Å². The number of hydrogen-bond donors (Lipinski definition) is 2. The Bertz CT molecular complexity index is 586. The molecule has 106 valence electrons. The van der Waals surface area contributed by atoms with Crippen LogP contribution in [-0.2, 0) is 11.3 Å². The van der Waals surface area contributed by atoms with Crippen LogP contribution in [0.15, 0.2) is 22.3 Å². The molecule has 0 radical (unpaired) electrons. The predicted octanol–water partition coefficient (Wildman–Crippen LogP) is 1.47. The van der Waals surface area contributed by atoms with Gasteiger partial charge in [0.1, 0.15) is 17.5 Å². The monoisotopic (exact) mass is 292 g/mol. The molecule has 0 amide bonds. The molecule has 0 atom stereocenters. The van der Waals surface area contributed by atoms with Gasteiger partial charge in [0.2, 0.25) is 0 Å². The van der Waals surface area contributed by atoms with Gasteiger partial charge >= 0.3 is 0 Å². The van der Waals surface area contributed by atoms with Crippen LogP contribution in [0.3, 0.4) is 0 Å². The number of ether oxygens (including phenoxy) is 1. The molecule has 3 N–H and O–H groups in total. The normalized spacial score (nSPS) is 10.6. The lowest BCUT2D eigenvalue weighted by Gasteiger charge is -2.07. The van der Waals surface area contributed by atoms with Crippen molar-refractivity contribution in [2.45, 2.75) is 30.6 Å². The van der Waals surface area contributed by atoms with Gasteiger partial charge in [-0.15, -0.1) is 0 Å². The highest BCUT2D eigenvalue weighted by atomic mass is 32.2. The summed E-state index contributed by atoms with van der Waals surface area (Å²) in [4.78, 5) is 17.3. The molecule has 0 fully saturated rings. The van der Waals surface area contributed by atoms with E-state index in [-0.39, 0.29) is 0 Å². The number of hydrogen-bond acceptors (Lipinski definition) is 8. The Morgan fingerprint density at radius 2 is 1.85 bits per heavy atom. The number of nitrogens with zero attached hydrogens (tertiary/aromatic N) is 4. The summed E-state index contributed by atoms with van der Waals surface area (Å²) in [5, 5.41) is 1.36. The van der Waals surface area contributed by atoms with E-state index < -0.39 is 0 Å². The van der Waals surface area contributed by atoms with E-state index in [4.69, 9.17) is 10.6 Å². The van der Waals surface area contributed by atoms with Crippen LogP contribution in [0.5, 0.6) is 0 Å². The minimum Gasteiger partial charge on any atom is -0.377 e. The minimum atomic E-state index is 0.316. The van der Waals surface area contributed by atoms with Gasteiger partial charge in [-0.3, -0.25) is 0 Å². The maximum Gasteiger partial charge on any atom is 0.194 e. The van der Waals surface area contributed by atoms with Crippen molar-refractivity contribution in [3.63, 3.8) is 0 Å². The highest BCUT2D eigenvalue weighted by Crippen LogP contribution is 2.25. The van der Waals surface area contributed by atoms with Crippen molar-refractivity contribution in [1.82, 2.24) is 19.9 Å². The van der Waals surface area contributed by atoms with Gasteiger partial charge in [0.05, 0.1) is 0 Å². The highest BCUT2D eigenvalue weighted by molar-refractivity contribution is 7.99. The number of aryl methyl sites for hydroxylation is 2. The van der Waals surface area contributed by atoms with Crippen LogP contribution in [0, 0.1) is 13.8 Å². The molecule has 0 unspecified atom stereocenters. The second kappa shape index (κ2) is 6.60. The lowest BCUT2D eigenvalue weighted by Crippen LogP contribution is -2.11. The third-order valence-electron chi connectivity index (χ3n) is 2.33. The molecule has 2 aromatic rings. The van der Waals surface area contributed by atoms with Crippen molar-refractivity contribution >= 4 is 17.6 Å². The summed E-state index contributed by atoms with van der Waals surface area (Å²) in [6.45, 7) is 4.18. The molecule has 0 spiro atoms. The van der Waals surface area contributed by atoms with Crippen molar-refractivity contribution in [1.29, 1.82) is 0 Å². The molecule has 0 aliphatic heterocycles. The van der Waals surface area contributed by atoms with Gasteiger partial charge in [-0.25, -0.2) is 25.8 Å². The zero-order valence-corrected chi connectivity index (χ0v) is 12.4.